The van der Waals surface area contributed by atoms with E-state index in [0.717, 1.165) is 15.8 Å². The zero-order chi connectivity index (χ0) is 11.4. The minimum Gasteiger partial charge on any atom is -0.488 e. The van der Waals surface area contributed by atoms with Crippen LogP contribution in [0.2, 0.25) is 0 Å². The molecule has 2 N–H and O–H groups in total. The molecule has 0 aliphatic rings. The number of hydrogen-bond acceptors (Lipinski definition) is 3. The Bertz CT molecular complexity index is 470. The highest BCUT2D eigenvalue weighted by atomic mass is 79.9. The molecular weight excluding hydrogens is 286 g/mol. The normalized spacial score (nSPS) is 10.4. The Morgan fingerprint density at radius 3 is 2.88 bits per heavy atom. The van der Waals surface area contributed by atoms with E-state index in [1.807, 2.05) is 24.3 Å². The molecule has 0 radical (unpaired) electrons. The summed E-state index contributed by atoms with van der Waals surface area (Å²) < 4.78 is 6.79. The monoisotopic (exact) mass is 297 g/mol. The first kappa shape index (κ1) is 11.6. The van der Waals surface area contributed by atoms with Gasteiger partial charge in [-0.3, -0.25) is 0 Å². The average Bonchev–Trinajstić information content (AvgIpc) is 2.73. The van der Waals surface area contributed by atoms with Crippen molar-refractivity contribution in [2.24, 2.45) is 5.73 Å². The van der Waals surface area contributed by atoms with E-state index in [1.54, 1.807) is 11.3 Å². The van der Waals surface area contributed by atoms with E-state index in [1.165, 1.54) is 4.88 Å². The van der Waals surface area contributed by atoms with Gasteiger partial charge in [-0.2, -0.15) is 0 Å². The molecule has 0 saturated carbocycles. The quantitative estimate of drug-likeness (QED) is 0.937. The highest BCUT2D eigenvalue weighted by Crippen LogP contribution is 2.22. The zero-order valence-electron chi connectivity index (χ0n) is 8.65. The van der Waals surface area contributed by atoms with Crippen LogP contribution in [0.25, 0.3) is 0 Å². The molecule has 2 aromatic rings. The molecule has 0 aliphatic carbocycles. The first-order valence-corrected chi connectivity index (χ1v) is 6.60. The number of halogens is 1. The van der Waals surface area contributed by atoms with Crippen LogP contribution >= 0.6 is 27.3 Å². The van der Waals surface area contributed by atoms with Crippen molar-refractivity contribution in [3.63, 3.8) is 0 Å². The van der Waals surface area contributed by atoms with Crippen LogP contribution in [0.5, 0.6) is 5.75 Å². The molecule has 4 heteroatoms. The summed E-state index contributed by atoms with van der Waals surface area (Å²) in [7, 11) is 0. The van der Waals surface area contributed by atoms with E-state index in [4.69, 9.17) is 10.5 Å². The van der Waals surface area contributed by atoms with Crippen LogP contribution in [0.1, 0.15) is 10.4 Å². The second-order valence-electron chi connectivity index (χ2n) is 3.37. The smallest absolute Gasteiger partial charge is 0.122 e. The van der Waals surface area contributed by atoms with Gasteiger partial charge in [0.2, 0.25) is 0 Å². The number of thiophene rings is 1. The molecule has 84 valence electrons. The van der Waals surface area contributed by atoms with Gasteiger partial charge in [0.25, 0.3) is 0 Å². The summed E-state index contributed by atoms with van der Waals surface area (Å²) in [6, 6.07) is 9.94. The molecule has 2 nitrogen and oxygen atoms in total. The predicted molar refractivity (Wildman–Crippen MR) is 70.7 cm³/mol. The Morgan fingerprint density at radius 2 is 2.19 bits per heavy atom. The number of ether oxygens (including phenoxy) is 1. The summed E-state index contributed by atoms with van der Waals surface area (Å²) in [5.41, 5.74) is 6.66. The van der Waals surface area contributed by atoms with Gasteiger partial charge < -0.3 is 10.5 Å². The third-order valence-corrected chi connectivity index (χ3v) is 3.81. The lowest BCUT2D eigenvalue weighted by molar-refractivity contribution is 0.309. The molecule has 1 heterocycles. The third kappa shape index (κ3) is 3.07. The lowest BCUT2D eigenvalue weighted by Crippen LogP contribution is -1.97. The maximum Gasteiger partial charge on any atom is 0.122 e. The van der Waals surface area contributed by atoms with E-state index in [9.17, 15) is 0 Å². The SMILES string of the molecule is NCc1cccc(OCc2cc(Br)cs2)c1. The topological polar surface area (TPSA) is 35.2 Å². The summed E-state index contributed by atoms with van der Waals surface area (Å²) in [4.78, 5) is 1.20. The van der Waals surface area contributed by atoms with Crippen molar-refractivity contribution < 1.29 is 4.74 Å². The molecule has 0 bridgehead atoms. The summed E-state index contributed by atoms with van der Waals surface area (Å²) in [5, 5.41) is 2.05. The molecule has 1 aromatic heterocycles. The minimum absolute atomic E-state index is 0.543. The van der Waals surface area contributed by atoms with Crippen molar-refractivity contribution in [2.45, 2.75) is 13.2 Å². The Morgan fingerprint density at radius 1 is 1.31 bits per heavy atom. The second-order valence-corrected chi connectivity index (χ2v) is 5.28. The number of rotatable bonds is 4. The molecule has 1 aromatic carbocycles. The highest BCUT2D eigenvalue weighted by Gasteiger charge is 2.00. The molecule has 0 atom stereocenters. The maximum atomic E-state index is 5.68. The molecule has 2 rings (SSSR count). The predicted octanol–water partition coefficient (Wildman–Crippen LogP) is 3.55. The number of hydrogen-bond donors (Lipinski definition) is 1. The van der Waals surface area contributed by atoms with Crippen molar-refractivity contribution in [1.82, 2.24) is 0 Å². The van der Waals surface area contributed by atoms with Gasteiger partial charge in [0.1, 0.15) is 12.4 Å². The first-order chi connectivity index (χ1) is 7.78. The van der Waals surface area contributed by atoms with Gasteiger partial charge in [-0.1, -0.05) is 12.1 Å². The Labute approximate surface area is 107 Å². The summed E-state index contributed by atoms with van der Waals surface area (Å²) in [6.07, 6.45) is 0. The molecular formula is C12H12BrNOS. The largest absolute Gasteiger partial charge is 0.488 e. The Kier molecular flexibility index (Phi) is 3.98. The van der Waals surface area contributed by atoms with Crippen LogP contribution in [0.3, 0.4) is 0 Å². The lowest BCUT2D eigenvalue weighted by atomic mass is 10.2. The lowest BCUT2D eigenvalue weighted by Gasteiger charge is -2.05. The molecule has 0 aliphatic heterocycles. The van der Waals surface area contributed by atoms with Crippen LogP contribution < -0.4 is 10.5 Å². The fraction of sp³-hybridized carbons (Fsp3) is 0.167. The van der Waals surface area contributed by atoms with Gasteiger partial charge in [-0.05, 0) is 39.7 Å². The highest BCUT2D eigenvalue weighted by molar-refractivity contribution is 9.10. The zero-order valence-corrected chi connectivity index (χ0v) is 11.1. The van der Waals surface area contributed by atoms with Crippen molar-refractivity contribution >= 4 is 27.3 Å². The third-order valence-electron chi connectivity index (χ3n) is 2.14. The van der Waals surface area contributed by atoms with Gasteiger partial charge in [0, 0.05) is 21.3 Å². The summed E-state index contributed by atoms with van der Waals surface area (Å²) in [5.74, 6) is 0.868. The molecule has 0 amide bonds. The van der Waals surface area contributed by atoms with Crippen LogP contribution in [-0.4, -0.2) is 0 Å². The molecule has 0 fully saturated rings. The summed E-state index contributed by atoms with van der Waals surface area (Å²) in [6.45, 7) is 1.14. The van der Waals surface area contributed by atoms with E-state index in [-0.39, 0.29) is 0 Å². The molecule has 0 spiro atoms. The first-order valence-electron chi connectivity index (χ1n) is 4.92. The van der Waals surface area contributed by atoms with Gasteiger partial charge >= 0.3 is 0 Å². The number of benzene rings is 1. The van der Waals surface area contributed by atoms with Crippen molar-refractivity contribution in [2.75, 3.05) is 0 Å². The van der Waals surface area contributed by atoms with Crippen molar-refractivity contribution in [3.05, 3.63) is 50.6 Å². The summed E-state index contributed by atoms with van der Waals surface area (Å²) >= 11 is 5.10. The van der Waals surface area contributed by atoms with Gasteiger partial charge in [-0.15, -0.1) is 11.3 Å². The van der Waals surface area contributed by atoms with E-state index in [0.29, 0.717) is 13.2 Å². The minimum atomic E-state index is 0.543. The fourth-order valence-electron chi connectivity index (χ4n) is 1.35. The van der Waals surface area contributed by atoms with Crippen LogP contribution in [-0.2, 0) is 13.2 Å². The van der Waals surface area contributed by atoms with Gasteiger partial charge in [0.05, 0.1) is 0 Å². The average molecular weight is 298 g/mol. The fourth-order valence-corrected chi connectivity index (χ4v) is 2.71. The van der Waals surface area contributed by atoms with E-state index >= 15 is 0 Å². The molecule has 0 unspecified atom stereocenters. The Hall–Kier alpha value is -0.840. The molecule has 16 heavy (non-hydrogen) atoms. The van der Waals surface area contributed by atoms with Crippen LogP contribution in [0, 0.1) is 0 Å². The standard InChI is InChI=1S/C12H12BrNOS/c13-10-5-12(16-8-10)7-15-11-3-1-2-9(4-11)6-14/h1-5,8H,6-7,14H2. The van der Waals surface area contributed by atoms with Gasteiger partial charge in [-0.25, -0.2) is 0 Å². The van der Waals surface area contributed by atoms with E-state index < -0.39 is 0 Å². The second kappa shape index (κ2) is 5.48. The number of nitrogens with two attached hydrogens (primary N) is 1. The van der Waals surface area contributed by atoms with Crippen molar-refractivity contribution in [3.8, 4) is 5.75 Å². The van der Waals surface area contributed by atoms with Crippen LogP contribution in [0.4, 0.5) is 0 Å². The maximum absolute atomic E-state index is 5.68. The molecule has 0 saturated heterocycles. The van der Waals surface area contributed by atoms with E-state index in [2.05, 4.69) is 27.4 Å². The van der Waals surface area contributed by atoms with Crippen LogP contribution in [0.15, 0.2) is 40.2 Å². The van der Waals surface area contributed by atoms with Gasteiger partial charge in [0.15, 0.2) is 0 Å². The van der Waals surface area contributed by atoms with Crippen molar-refractivity contribution in [1.29, 1.82) is 0 Å². The Balaban J connectivity index is 1.99.